The molecule has 2 aliphatic carbocycles. The van der Waals surface area contributed by atoms with Crippen LogP contribution in [0.4, 0.5) is 13.2 Å². The molecule has 0 aromatic heterocycles. The highest BCUT2D eigenvalue weighted by Crippen LogP contribution is 2.59. The minimum atomic E-state index is -4.23. The third-order valence-electron chi connectivity index (χ3n) is 5.22. The molecule has 0 unspecified atom stereocenters. The van der Waals surface area contributed by atoms with Crippen molar-refractivity contribution in [2.24, 2.45) is 23.2 Å². The van der Waals surface area contributed by atoms with E-state index in [4.69, 9.17) is 0 Å². The maximum Gasteiger partial charge on any atom is 0.393 e. The number of hydrogen-bond donors (Lipinski definition) is 1. The molecule has 1 amide bonds. The van der Waals surface area contributed by atoms with Gasteiger partial charge in [-0.1, -0.05) is 38.3 Å². The normalized spacial score (nSPS) is 34.0. The van der Waals surface area contributed by atoms with Crippen molar-refractivity contribution < 1.29 is 18.0 Å². The van der Waals surface area contributed by atoms with E-state index < -0.39 is 18.1 Å². The Kier molecular flexibility index (Phi) is 4.65. The van der Waals surface area contributed by atoms with E-state index in [1.165, 1.54) is 0 Å². The lowest BCUT2D eigenvalue weighted by Crippen LogP contribution is -2.48. The fraction of sp³-hybridized carbons (Fsp3) is 0.824. The van der Waals surface area contributed by atoms with E-state index >= 15 is 0 Å². The highest BCUT2D eigenvalue weighted by atomic mass is 19.4. The van der Waals surface area contributed by atoms with Crippen LogP contribution in [0.15, 0.2) is 11.6 Å². The number of alkyl halides is 3. The molecular weight excluding hydrogens is 291 g/mol. The zero-order chi connectivity index (χ0) is 16.7. The molecular formula is C17H26F3NO. The van der Waals surface area contributed by atoms with E-state index in [1.807, 2.05) is 27.7 Å². The van der Waals surface area contributed by atoms with E-state index in [0.29, 0.717) is 12.8 Å². The molecule has 2 fully saturated rings. The van der Waals surface area contributed by atoms with Crippen molar-refractivity contribution in [3.8, 4) is 0 Å². The van der Waals surface area contributed by atoms with Crippen LogP contribution in [0, 0.1) is 23.2 Å². The summed E-state index contributed by atoms with van der Waals surface area (Å²) < 4.78 is 39.3. The molecule has 22 heavy (non-hydrogen) atoms. The van der Waals surface area contributed by atoms with Crippen LogP contribution in [0.2, 0.25) is 0 Å². The van der Waals surface area contributed by atoms with Crippen molar-refractivity contribution in [1.82, 2.24) is 5.32 Å². The molecule has 0 bridgehead atoms. The second kappa shape index (κ2) is 5.89. The van der Waals surface area contributed by atoms with Gasteiger partial charge in [-0.15, -0.1) is 0 Å². The lowest BCUT2D eigenvalue weighted by atomic mass is 9.84. The molecule has 2 nitrogen and oxygen atoms in total. The second-order valence-corrected chi connectivity index (χ2v) is 7.62. The number of carbonyl (C=O) groups is 1. The van der Waals surface area contributed by atoms with Gasteiger partial charge in [-0.2, -0.15) is 13.2 Å². The molecule has 126 valence electrons. The van der Waals surface area contributed by atoms with Crippen LogP contribution in [0.25, 0.3) is 0 Å². The van der Waals surface area contributed by atoms with Crippen molar-refractivity contribution in [2.75, 3.05) is 0 Å². The van der Waals surface area contributed by atoms with Crippen LogP contribution in [0.3, 0.4) is 0 Å². The minimum Gasteiger partial charge on any atom is -0.352 e. The Labute approximate surface area is 130 Å². The molecule has 0 spiro atoms. The van der Waals surface area contributed by atoms with Gasteiger partial charge >= 0.3 is 6.18 Å². The predicted octanol–water partition coefficient (Wildman–Crippen LogP) is 4.46. The maximum atomic E-state index is 13.1. The Morgan fingerprint density at radius 3 is 2.32 bits per heavy atom. The van der Waals surface area contributed by atoms with Crippen LogP contribution >= 0.6 is 0 Å². The number of hydrogen-bond acceptors (Lipinski definition) is 1. The van der Waals surface area contributed by atoms with Crippen molar-refractivity contribution in [2.45, 2.75) is 65.6 Å². The van der Waals surface area contributed by atoms with Gasteiger partial charge in [-0.25, -0.2) is 0 Å². The van der Waals surface area contributed by atoms with Crippen molar-refractivity contribution in [3.63, 3.8) is 0 Å². The Morgan fingerprint density at radius 2 is 1.77 bits per heavy atom. The largest absolute Gasteiger partial charge is 0.393 e. The van der Waals surface area contributed by atoms with Crippen molar-refractivity contribution >= 4 is 5.91 Å². The van der Waals surface area contributed by atoms with Crippen LogP contribution < -0.4 is 5.32 Å². The van der Waals surface area contributed by atoms with Gasteiger partial charge in [-0.3, -0.25) is 4.79 Å². The summed E-state index contributed by atoms with van der Waals surface area (Å²) in [6.07, 6.45) is -0.270. The fourth-order valence-corrected chi connectivity index (χ4v) is 3.82. The monoisotopic (exact) mass is 317 g/mol. The number of amides is 1. The topological polar surface area (TPSA) is 29.1 Å². The summed E-state index contributed by atoms with van der Waals surface area (Å²) in [4.78, 5) is 12.4. The molecule has 2 saturated carbocycles. The fourth-order valence-electron chi connectivity index (χ4n) is 3.82. The smallest absolute Gasteiger partial charge is 0.352 e. The van der Waals surface area contributed by atoms with Crippen LogP contribution in [0.1, 0.15) is 53.4 Å². The van der Waals surface area contributed by atoms with Gasteiger partial charge in [0.25, 0.3) is 0 Å². The quantitative estimate of drug-likeness (QED) is 0.765. The zero-order valence-corrected chi connectivity index (χ0v) is 13.8. The Balaban J connectivity index is 2.04. The van der Waals surface area contributed by atoms with Gasteiger partial charge in [0.15, 0.2) is 0 Å². The predicted molar refractivity (Wildman–Crippen MR) is 80.1 cm³/mol. The van der Waals surface area contributed by atoms with Crippen LogP contribution in [0.5, 0.6) is 0 Å². The highest BCUT2D eigenvalue weighted by molar-refractivity contribution is 5.84. The Bertz CT molecular complexity index is 463. The first-order valence-corrected chi connectivity index (χ1v) is 8.07. The summed E-state index contributed by atoms with van der Waals surface area (Å²) in [5.74, 6) is -1.69. The molecule has 4 atom stereocenters. The summed E-state index contributed by atoms with van der Waals surface area (Å²) >= 11 is 0. The number of carbonyl (C=O) groups excluding carboxylic acids is 1. The lowest BCUT2D eigenvalue weighted by molar-refractivity contribution is -0.189. The second-order valence-electron chi connectivity index (χ2n) is 7.62. The van der Waals surface area contributed by atoms with Gasteiger partial charge in [0, 0.05) is 6.04 Å². The number of rotatable bonds is 3. The molecule has 0 heterocycles. The van der Waals surface area contributed by atoms with E-state index in [9.17, 15) is 18.0 Å². The van der Waals surface area contributed by atoms with Gasteiger partial charge in [-0.05, 0) is 38.0 Å². The summed E-state index contributed by atoms with van der Waals surface area (Å²) in [7, 11) is 0. The molecule has 0 aromatic carbocycles. The number of allylic oxidation sites excluding steroid dienone is 2. The van der Waals surface area contributed by atoms with E-state index in [-0.39, 0.29) is 29.6 Å². The molecule has 2 aliphatic rings. The molecule has 0 aromatic rings. The van der Waals surface area contributed by atoms with E-state index in [0.717, 1.165) is 12.0 Å². The number of nitrogens with one attached hydrogen (secondary N) is 1. The molecule has 1 N–H and O–H groups in total. The summed E-state index contributed by atoms with van der Waals surface area (Å²) in [6, 6.07) is -0.759. The highest BCUT2D eigenvalue weighted by Gasteiger charge is 2.61. The maximum absolute atomic E-state index is 13.1. The molecule has 0 radical (unpaired) electrons. The van der Waals surface area contributed by atoms with Crippen molar-refractivity contribution in [1.29, 1.82) is 0 Å². The molecule has 0 aliphatic heterocycles. The third-order valence-corrected chi connectivity index (χ3v) is 5.22. The average molecular weight is 317 g/mol. The minimum absolute atomic E-state index is 0.125. The third kappa shape index (κ3) is 3.49. The van der Waals surface area contributed by atoms with Crippen LogP contribution in [-0.2, 0) is 4.79 Å². The van der Waals surface area contributed by atoms with Gasteiger partial charge in [0.2, 0.25) is 5.91 Å². The molecule has 5 heteroatoms. The first-order chi connectivity index (χ1) is 10.0. The summed E-state index contributed by atoms with van der Waals surface area (Å²) in [6.45, 7) is 7.96. The van der Waals surface area contributed by atoms with E-state index in [1.54, 1.807) is 0 Å². The molecule has 2 rings (SSSR count). The SMILES string of the molecule is CC(C)=C[C@@H]1[C@H](C(=O)N[C@H]2CCCC[C@H]2C(F)(F)F)C1(C)C. The van der Waals surface area contributed by atoms with Crippen molar-refractivity contribution in [3.05, 3.63) is 11.6 Å². The van der Waals surface area contributed by atoms with Gasteiger partial charge in [0.05, 0.1) is 11.8 Å². The lowest BCUT2D eigenvalue weighted by Gasteiger charge is -2.33. The van der Waals surface area contributed by atoms with Crippen LogP contribution in [-0.4, -0.2) is 18.1 Å². The Hall–Kier alpha value is -1.00. The average Bonchev–Trinajstić information content (AvgIpc) is 2.89. The van der Waals surface area contributed by atoms with E-state index in [2.05, 4.69) is 11.4 Å². The van der Waals surface area contributed by atoms with Gasteiger partial charge < -0.3 is 5.32 Å². The molecule has 0 saturated heterocycles. The Morgan fingerprint density at radius 1 is 1.18 bits per heavy atom. The number of halogens is 3. The first-order valence-electron chi connectivity index (χ1n) is 8.07. The summed E-state index contributed by atoms with van der Waals surface area (Å²) in [5, 5.41) is 2.71. The standard InChI is InChI=1S/C17H26F3NO/c1-10(2)9-12-14(16(12,3)4)15(22)21-13-8-6-5-7-11(13)17(18,19)20/h9,11-14H,5-8H2,1-4H3,(H,21,22)/t11-,12-,13+,14-/m1/s1. The first kappa shape index (κ1) is 17.4. The van der Waals surface area contributed by atoms with Gasteiger partial charge in [0.1, 0.15) is 0 Å². The summed E-state index contributed by atoms with van der Waals surface area (Å²) in [5.41, 5.74) is 0.975. The zero-order valence-electron chi connectivity index (χ0n) is 13.8.